The molecule has 0 aromatic rings. The predicted molar refractivity (Wildman–Crippen MR) is 137 cm³/mol. The molecule has 32 heavy (non-hydrogen) atoms. The van der Waals surface area contributed by atoms with Crippen LogP contribution in [0.15, 0.2) is 24.0 Å². The number of Topliss-reactive ketones (excluding diaryl/α,β-unsaturated/α-hetero) is 1. The molecular weight excluding hydrogens is 432 g/mol. The Morgan fingerprint density at radius 2 is 1.66 bits per heavy atom. The van der Waals surface area contributed by atoms with Crippen molar-refractivity contribution < 1.29 is 18.4 Å². The second kappa shape index (κ2) is 7.66. The van der Waals surface area contributed by atoms with E-state index in [-0.39, 0.29) is 27.7 Å². The number of fused-ring (bicyclic) bond motifs is 1. The fourth-order valence-electron chi connectivity index (χ4n) is 4.83. The van der Waals surface area contributed by atoms with E-state index in [1.54, 1.807) is 0 Å². The van der Waals surface area contributed by atoms with E-state index in [1.807, 2.05) is 6.08 Å². The van der Waals surface area contributed by atoms with Crippen LogP contribution in [0.3, 0.4) is 0 Å². The highest BCUT2D eigenvalue weighted by Gasteiger charge is 2.67. The molecule has 3 rings (SSSR count). The maximum Gasteiger partial charge on any atom is 0.250 e. The molecule has 4 atom stereocenters. The lowest BCUT2D eigenvalue weighted by Crippen LogP contribution is -2.58. The number of ether oxygens (including phenoxy) is 1. The average molecular weight is 479 g/mol. The molecule has 2 aliphatic heterocycles. The third kappa shape index (κ3) is 4.03. The monoisotopic (exact) mass is 478 g/mol. The number of hydrogen-bond acceptors (Lipinski definition) is 4. The van der Waals surface area contributed by atoms with Crippen LogP contribution >= 0.6 is 0 Å². The first kappa shape index (κ1) is 25.9. The number of rotatable bonds is 5. The lowest BCUT2D eigenvalue weighted by molar-refractivity contribution is -0.170. The van der Waals surface area contributed by atoms with Gasteiger partial charge < -0.3 is 13.6 Å². The standard InChI is InChI=1S/C26H46O4Si2/c1-18-13-14-20-15-25(17-28-31(9,10)23(3,4)5)16-21(29-32(11,12)24(6,7)8)22(27)26(20,30-25)19(18)2/h16,19-20H,1,13-15,17H2,2-12H3/t19-,20-,25+,26-/m1/s1. The van der Waals surface area contributed by atoms with Gasteiger partial charge in [-0.15, -0.1) is 0 Å². The molecule has 0 radical (unpaired) electrons. The fraction of sp³-hybridized carbons (Fsp3) is 0.808. The van der Waals surface area contributed by atoms with Gasteiger partial charge in [-0.25, -0.2) is 0 Å². The van der Waals surface area contributed by atoms with Gasteiger partial charge in [0.2, 0.25) is 5.78 Å². The highest BCUT2D eigenvalue weighted by Crippen LogP contribution is 2.59. The number of carbonyl (C=O) groups excluding carboxylic acids is 1. The second-order valence-corrected chi connectivity index (χ2v) is 23.1. The van der Waals surface area contributed by atoms with Crippen molar-refractivity contribution in [2.75, 3.05) is 6.61 Å². The Kier molecular flexibility index (Phi) is 6.20. The molecule has 2 bridgehead atoms. The van der Waals surface area contributed by atoms with Gasteiger partial charge in [0.15, 0.2) is 8.32 Å². The summed E-state index contributed by atoms with van der Waals surface area (Å²) in [4.78, 5) is 14.0. The molecule has 0 amide bonds. The molecule has 1 aliphatic carbocycles. The van der Waals surface area contributed by atoms with E-state index in [1.165, 1.54) is 0 Å². The Morgan fingerprint density at radius 1 is 1.09 bits per heavy atom. The van der Waals surface area contributed by atoms with Gasteiger partial charge in [-0.1, -0.05) is 60.6 Å². The Balaban J connectivity index is 2.04. The van der Waals surface area contributed by atoms with Crippen molar-refractivity contribution >= 4 is 22.4 Å². The summed E-state index contributed by atoms with van der Waals surface area (Å²) in [5.41, 5.74) is -0.354. The van der Waals surface area contributed by atoms with Crippen LogP contribution in [0, 0.1) is 11.8 Å². The first-order valence-electron chi connectivity index (χ1n) is 12.3. The van der Waals surface area contributed by atoms with E-state index in [0.717, 1.165) is 24.8 Å². The molecule has 0 unspecified atom stereocenters. The lowest BCUT2D eigenvalue weighted by Gasteiger charge is -2.48. The van der Waals surface area contributed by atoms with E-state index in [0.29, 0.717) is 12.4 Å². The molecule has 0 aromatic carbocycles. The summed E-state index contributed by atoms with van der Waals surface area (Å²) in [5.74, 6) is 0.706. The van der Waals surface area contributed by atoms with Crippen molar-refractivity contribution in [2.24, 2.45) is 11.8 Å². The van der Waals surface area contributed by atoms with Crippen LogP contribution < -0.4 is 0 Å². The molecule has 1 spiro atoms. The third-order valence-electron chi connectivity index (χ3n) is 9.27. The topological polar surface area (TPSA) is 44.8 Å². The molecule has 0 N–H and O–H groups in total. The van der Waals surface area contributed by atoms with E-state index in [4.69, 9.17) is 13.6 Å². The van der Waals surface area contributed by atoms with Gasteiger partial charge in [0, 0.05) is 5.92 Å². The first-order chi connectivity index (χ1) is 14.3. The minimum Gasteiger partial charge on any atom is -0.541 e. The zero-order chi connectivity index (χ0) is 24.5. The highest BCUT2D eigenvalue weighted by atomic mass is 28.4. The van der Waals surface area contributed by atoms with Gasteiger partial charge in [0.25, 0.3) is 8.32 Å². The molecule has 4 nitrogen and oxygen atoms in total. The largest absolute Gasteiger partial charge is 0.541 e. The molecule has 2 fully saturated rings. The van der Waals surface area contributed by atoms with Crippen LogP contribution in [0.2, 0.25) is 36.3 Å². The van der Waals surface area contributed by atoms with Crippen LogP contribution in [0.1, 0.15) is 67.7 Å². The van der Waals surface area contributed by atoms with Crippen molar-refractivity contribution in [3.05, 3.63) is 24.0 Å². The van der Waals surface area contributed by atoms with E-state index >= 15 is 0 Å². The van der Waals surface area contributed by atoms with E-state index in [2.05, 4.69) is 81.2 Å². The van der Waals surface area contributed by atoms with Crippen molar-refractivity contribution in [1.82, 2.24) is 0 Å². The molecule has 6 heteroatoms. The van der Waals surface area contributed by atoms with Gasteiger partial charge in [-0.05, 0) is 67.5 Å². The second-order valence-electron chi connectivity index (χ2n) is 13.5. The zero-order valence-electron chi connectivity index (χ0n) is 22.4. The van der Waals surface area contributed by atoms with Crippen molar-refractivity contribution in [2.45, 2.75) is 115 Å². The summed E-state index contributed by atoms with van der Waals surface area (Å²) in [6.07, 6.45) is 4.72. The molecule has 3 aliphatic rings. The van der Waals surface area contributed by atoms with Gasteiger partial charge in [-0.2, -0.15) is 0 Å². The quantitative estimate of drug-likeness (QED) is 0.315. The smallest absolute Gasteiger partial charge is 0.250 e. The summed E-state index contributed by atoms with van der Waals surface area (Å²) in [5, 5.41) is 0.123. The summed E-state index contributed by atoms with van der Waals surface area (Å²) in [6.45, 7) is 29.3. The average Bonchev–Trinajstić information content (AvgIpc) is 2.92. The Bertz CT molecular complexity index is 830. The minimum atomic E-state index is -2.19. The van der Waals surface area contributed by atoms with Crippen LogP contribution in [0.5, 0.6) is 0 Å². The Hall–Kier alpha value is -0.696. The summed E-state index contributed by atoms with van der Waals surface area (Å²) in [6, 6.07) is 0. The Morgan fingerprint density at radius 3 is 2.19 bits per heavy atom. The fourth-order valence-corrected chi connectivity index (χ4v) is 6.88. The van der Waals surface area contributed by atoms with Crippen LogP contribution in [0.25, 0.3) is 0 Å². The summed E-state index contributed by atoms with van der Waals surface area (Å²) < 4.78 is 20.2. The minimum absolute atomic E-state index is 0.00905. The maximum absolute atomic E-state index is 14.0. The molecule has 2 heterocycles. The Labute approximate surface area is 198 Å². The van der Waals surface area contributed by atoms with Gasteiger partial charge >= 0.3 is 0 Å². The van der Waals surface area contributed by atoms with Gasteiger partial charge in [0.05, 0.1) is 6.61 Å². The first-order valence-corrected chi connectivity index (χ1v) is 18.1. The van der Waals surface area contributed by atoms with Crippen molar-refractivity contribution in [3.8, 4) is 0 Å². The number of ketones is 1. The highest BCUT2D eigenvalue weighted by molar-refractivity contribution is 6.74. The molecule has 0 aromatic heterocycles. The summed E-state index contributed by atoms with van der Waals surface area (Å²) >= 11 is 0. The molecule has 1 saturated heterocycles. The van der Waals surface area contributed by atoms with Gasteiger partial charge in [0.1, 0.15) is 17.0 Å². The van der Waals surface area contributed by atoms with E-state index < -0.39 is 27.8 Å². The van der Waals surface area contributed by atoms with Gasteiger partial charge in [-0.3, -0.25) is 4.79 Å². The third-order valence-corrected chi connectivity index (χ3v) is 18.1. The molecule has 1 saturated carbocycles. The van der Waals surface area contributed by atoms with Crippen molar-refractivity contribution in [1.29, 1.82) is 0 Å². The predicted octanol–water partition coefficient (Wildman–Crippen LogP) is 7.00. The zero-order valence-corrected chi connectivity index (χ0v) is 24.4. The molecule has 182 valence electrons. The lowest BCUT2D eigenvalue weighted by atomic mass is 9.65. The number of hydrogen-bond donors (Lipinski definition) is 0. The van der Waals surface area contributed by atoms with E-state index in [9.17, 15) is 4.79 Å². The number of carbonyl (C=O) groups is 1. The maximum atomic E-state index is 14.0. The molecular formula is C26H46O4Si2. The SMILES string of the molecule is C=C1CC[C@@H]2C[C@@]3(CO[Si](C)(C)C(C)(C)C)C=C(O[Si](C)(C)C(C)(C)C)C(=O)[C@@]2(O3)[C@@H]1C. The normalized spacial score (nSPS) is 33.8. The van der Waals surface area contributed by atoms with Crippen LogP contribution in [-0.4, -0.2) is 40.2 Å². The van der Waals surface area contributed by atoms with Crippen LogP contribution in [-0.2, 0) is 18.4 Å². The van der Waals surface area contributed by atoms with Crippen LogP contribution in [0.4, 0.5) is 0 Å². The summed E-state index contributed by atoms with van der Waals surface area (Å²) in [7, 11) is -4.16. The van der Waals surface area contributed by atoms with Crippen molar-refractivity contribution in [3.63, 3.8) is 0 Å².